The molecule has 1 aliphatic carbocycles. The molecule has 1 unspecified atom stereocenters. The van der Waals surface area contributed by atoms with E-state index in [0.29, 0.717) is 18.0 Å². The summed E-state index contributed by atoms with van der Waals surface area (Å²) < 4.78 is 3.63. The van der Waals surface area contributed by atoms with E-state index in [-0.39, 0.29) is 30.3 Å². The molecule has 25 heavy (non-hydrogen) atoms. The number of aliphatic hydroxyl groups is 1. The first-order valence-corrected chi connectivity index (χ1v) is 8.96. The summed E-state index contributed by atoms with van der Waals surface area (Å²) in [5.74, 6) is 1.29. The van der Waals surface area contributed by atoms with Gasteiger partial charge in [0.05, 0.1) is 23.4 Å². The average Bonchev–Trinajstić information content (AvgIpc) is 3.22. The van der Waals surface area contributed by atoms with Crippen molar-refractivity contribution in [1.82, 2.24) is 24.6 Å². The summed E-state index contributed by atoms with van der Waals surface area (Å²) in [6.07, 6.45) is 7.72. The molecule has 3 rings (SSSR count). The summed E-state index contributed by atoms with van der Waals surface area (Å²) >= 11 is 5.88. The second-order valence-electron chi connectivity index (χ2n) is 7.03. The van der Waals surface area contributed by atoms with E-state index in [4.69, 9.17) is 11.6 Å². The van der Waals surface area contributed by atoms with Gasteiger partial charge in [0.25, 0.3) is 0 Å². The van der Waals surface area contributed by atoms with E-state index in [0.717, 1.165) is 12.2 Å². The van der Waals surface area contributed by atoms with Crippen LogP contribution in [0.5, 0.6) is 0 Å². The number of carbonyl (C=O) groups excluding carboxylic acids is 1. The van der Waals surface area contributed by atoms with Crippen molar-refractivity contribution in [2.24, 2.45) is 5.92 Å². The van der Waals surface area contributed by atoms with Crippen LogP contribution in [-0.2, 0) is 17.9 Å². The van der Waals surface area contributed by atoms with E-state index in [2.05, 4.69) is 15.4 Å². The first-order chi connectivity index (χ1) is 11.9. The zero-order valence-corrected chi connectivity index (χ0v) is 15.2. The van der Waals surface area contributed by atoms with Gasteiger partial charge < -0.3 is 15.0 Å². The number of amides is 1. The van der Waals surface area contributed by atoms with E-state index in [1.807, 2.05) is 24.6 Å². The molecule has 0 aromatic carbocycles. The first-order valence-electron chi connectivity index (χ1n) is 8.58. The molecule has 8 heteroatoms. The van der Waals surface area contributed by atoms with Gasteiger partial charge in [0.1, 0.15) is 12.4 Å². The molecule has 1 fully saturated rings. The van der Waals surface area contributed by atoms with Crippen LogP contribution in [0.2, 0.25) is 5.02 Å². The highest BCUT2D eigenvalue weighted by atomic mass is 35.5. The zero-order chi connectivity index (χ0) is 18.0. The van der Waals surface area contributed by atoms with Gasteiger partial charge in [0.15, 0.2) is 0 Å². The molecule has 1 aliphatic rings. The van der Waals surface area contributed by atoms with Gasteiger partial charge in [-0.3, -0.25) is 9.48 Å². The lowest BCUT2D eigenvalue weighted by Gasteiger charge is -2.17. The lowest BCUT2D eigenvalue weighted by molar-refractivity contribution is -0.123. The number of aromatic nitrogens is 4. The molecule has 0 spiro atoms. The molecule has 0 saturated heterocycles. The Hall–Kier alpha value is -1.86. The van der Waals surface area contributed by atoms with Crippen LogP contribution in [0, 0.1) is 5.92 Å². The molecule has 0 bridgehead atoms. The molecular formula is C17H24ClN5O2. The van der Waals surface area contributed by atoms with Crippen molar-refractivity contribution in [2.75, 3.05) is 0 Å². The third kappa shape index (κ3) is 4.41. The van der Waals surface area contributed by atoms with E-state index >= 15 is 0 Å². The zero-order valence-electron chi connectivity index (χ0n) is 14.5. The predicted molar refractivity (Wildman–Crippen MR) is 94.2 cm³/mol. The largest absolute Gasteiger partial charge is 0.391 e. The second kappa shape index (κ2) is 7.58. The number of hydrogen-bond acceptors (Lipinski definition) is 4. The van der Waals surface area contributed by atoms with Gasteiger partial charge in [-0.15, -0.1) is 0 Å². The van der Waals surface area contributed by atoms with E-state index < -0.39 is 6.10 Å². The molecule has 1 amide bonds. The molecule has 3 atom stereocenters. The number of aliphatic hydroxyl groups excluding tert-OH is 1. The summed E-state index contributed by atoms with van der Waals surface area (Å²) in [5, 5.41) is 18.0. The standard InChI is InChI=1S/C17H24ClN5O2/c1-11(2)17-19-3-4-22(17)10-16(25)21-14-5-12(6-15(14)24)8-23-9-13(18)7-20-23/h3-4,7,9,11-12,14-15,24H,5-6,8,10H2,1-2H3,(H,21,25)/t12?,14-,15-/m1/s1. The Labute approximate surface area is 152 Å². The van der Waals surface area contributed by atoms with Crippen molar-refractivity contribution in [2.45, 2.75) is 57.8 Å². The highest BCUT2D eigenvalue weighted by Gasteiger charge is 2.34. The molecule has 136 valence electrons. The number of carbonyl (C=O) groups is 1. The van der Waals surface area contributed by atoms with E-state index in [9.17, 15) is 9.90 Å². The van der Waals surface area contributed by atoms with Crippen LogP contribution in [0.25, 0.3) is 0 Å². The smallest absolute Gasteiger partial charge is 0.240 e. The molecule has 2 heterocycles. The molecule has 0 aliphatic heterocycles. The Morgan fingerprint density at radius 3 is 2.96 bits per heavy atom. The Kier molecular flexibility index (Phi) is 5.44. The van der Waals surface area contributed by atoms with Gasteiger partial charge in [-0.25, -0.2) is 4.98 Å². The fourth-order valence-corrected chi connectivity index (χ4v) is 3.64. The Morgan fingerprint density at radius 1 is 1.48 bits per heavy atom. The third-order valence-corrected chi connectivity index (χ3v) is 4.79. The lowest BCUT2D eigenvalue weighted by Crippen LogP contribution is -2.41. The second-order valence-corrected chi connectivity index (χ2v) is 7.46. The van der Waals surface area contributed by atoms with Gasteiger partial charge in [0, 0.05) is 31.1 Å². The SMILES string of the molecule is CC(C)c1nccn1CC(=O)N[C@@H]1CC(Cn2cc(Cl)cn2)C[C@H]1O. The topological polar surface area (TPSA) is 85.0 Å². The van der Waals surface area contributed by atoms with E-state index in [1.165, 1.54) is 0 Å². The number of hydrogen-bond donors (Lipinski definition) is 2. The Bertz CT molecular complexity index is 726. The number of rotatable bonds is 6. The fourth-order valence-electron chi connectivity index (χ4n) is 3.49. The third-order valence-electron chi connectivity index (χ3n) is 4.60. The van der Waals surface area contributed by atoms with Crippen molar-refractivity contribution in [1.29, 1.82) is 0 Å². The number of imidazole rings is 1. The van der Waals surface area contributed by atoms with Crippen LogP contribution in [0.1, 0.15) is 38.4 Å². The maximum absolute atomic E-state index is 12.3. The van der Waals surface area contributed by atoms with E-state index in [1.54, 1.807) is 23.3 Å². The van der Waals surface area contributed by atoms with Crippen LogP contribution in [-0.4, -0.2) is 42.5 Å². The summed E-state index contributed by atoms with van der Waals surface area (Å²) in [5.41, 5.74) is 0. The summed E-state index contributed by atoms with van der Waals surface area (Å²) in [4.78, 5) is 16.6. The summed E-state index contributed by atoms with van der Waals surface area (Å²) in [7, 11) is 0. The molecule has 1 saturated carbocycles. The summed E-state index contributed by atoms with van der Waals surface area (Å²) in [6, 6.07) is -0.227. The van der Waals surface area contributed by atoms with Crippen molar-refractivity contribution in [3.05, 3.63) is 35.6 Å². The maximum atomic E-state index is 12.3. The van der Waals surface area contributed by atoms with Crippen LogP contribution in [0.4, 0.5) is 0 Å². The van der Waals surface area contributed by atoms with Crippen LogP contribution < -0.4 is 5.32 Å². The number of nitrogens with zero attached hydrogens (tertiary/aromatic N) is 4. The monoisotopic (exact) mass is 365 g/mol. The minimum absolute atomic E-state index is 0.105. The van der Waals surface area contributed by atoms with Gasteiger partial charge in [-0.05, 0) is 18.8 Å². The molecular weight excluding hydrogens is 342 g/mol. The summed E-state index contributed by atoms with van der Waals surface area (Å²) in [6.45, 7) is 5.00. The highest BCUT2D eigenvalue weighted by molar-refractivity contribution is 6.30. The van der Waals surface area contributed by atoms with Gasteiger partial charge in [0.2, 0.25) is 5.91 Å². The van der Waals surface area contributed by atoms with Crippen molar-refractivity contribution >= 4 is 17.5 Å². The van der Waals surface area contributed by atoms with Crippen LogP contribution in [0.15, 0.2) is 24.8 Å². The van der Waals surface area contributed by atoms with Gasteiger partial charge in [-0.2, -0.15) is 5.10 Å². The molecule has 2 aromatic heterocycles. The van der Waals surface area contributed by atoms with Crippen molar-refractivity contribution < 1.29 is 9.90 Å². The van der Waals surface area contributed by atoms with Crippen molar-refractivity contribution in [3.63, 3.8) is 0 Å². The Morgan fingerprint density at radius 2 is 2.28 bits per heavy atom. The average molecular weight is 366 g/mol. The molecule has 2 N–H and O–H groups in total. The van der Waals surface area contributed by atoms with Crippen LogP contribution in [0.3, 0.4) is 0 Å². The normalized spacial score (nSPS) is 23.3. The molecule has 2 aromatic rings. The molecule has 7 nitrogen and oxygen atoms in total. The number of halogens is 1. The maximum Gasteiger partial charge on any atom is 0.240 e. The quantitative estimate of drug-likeness (QED) is 0.817. The highest BCUT2D eigenvalue weighted by Crippen LogP contribution is 2.28. The minimum Gasteiger partial charge on any atom is -0.391 e. The molecule has 0 radical (unpaired) electrons. The van der Waals surface area contributed by atoms with Gasteiger partial charge >= 0.3 is 0 Å². The predicted octanol–water partition coefficient (Wildman–Crippen LogP) is 1.81. The first kappa shape index (κ1) is 17.9. The Balaban J connectivity index is 1.53. The van der Waals surface area contributed by atoms with Crippen LogP contribution >= 0.6 is 11.6 Å². The minimum atomic E-state index is -0.535. The lowest BCUT2D eigenvalue weighted by atomic mass is 10.1. The fraction of sp³-hybridized carbons (Fsp3) is 0.588. The van der Waals surface area contributed by atoms with Gasteiger partial charge in [-0.1, -0.05) is 25.4 Å². The number of nitrogens with one attached hydrogen (secondary N) is 1. The van der Waals surface area contributed by atoms with Crippen molar-refractivity contribution in [3.8, 4) is 0 Å².